The van der Waals surface area contributed by atoms with Gasteiger partial charge in [-0.05, 0) is 43.4 Å². The van der Waals surface area contributed by atoms with Gasteiger partial charge in [0, 0.05) is 26.2 Å². The minimum absolute atomic E-state index is 0.0720. The van der Waals surface area contributed by atoms with Crippen molar-refractivity contribution < 1.29 is 19.5 Å². The summed E-state index contributed by atoms with van der Waals surface area (Å²) >= 11 is 0. The molecule has 0 fully saturated rings. The van der Waals surface area contributed by atoms with Gasteiger partial charge in [0.15, 0.2) is 5.69 Å². The summed E-state index contributed by atoms with van der Waals surface area (Å²) in [7, 11) is 3.21. The molecule has 0 aliphatic heterocycles. The number of hydrogen-bond donors (Lipinski definition) is 3. The zero-order valence-electron chi connectivity index (χ0n) is 19.8. The van der Waals surface area contributed by atoms with Gasteiger partial charge in [-0.15, -0.1) is 0 Å². The van der Waals surface area contributed by atoms with E-state index in [0.717, 1.165) is 16.7 Å². The predicted molar refractivity (Wildman–Crippen MR) is 129 cm³/mol. The quantitative estimate of drug-likeness (QED) is 0.449. The number of nitrogens with one attached hydrogen (secondary N) is 2. The summed E-state index contributed by atoms with van der Waals surface area (Å²) in [5.41, 5.74) is 2.38. The lowest BCUT2D eigenvalue weighted by Gasteiger charge is -2.27. The summed E-state index contributed by atoms with van der Waals surface area (Å²) in [6, 6.07) is 18.9. The maximum atomic E-state index is 12.9. The largest absolute Gasteiger partial charge is 0.481 e. The van der Waals surface area contributed by atoms with Crippen molar-refractivity contribution in [2.24, 2.45) is 5.41 Å². The molecule has 1 heterocycles. The van der Waals surface area contributed by atoms with Crippen LogP contribution in [0.15, 0.2) is 60.7 Å². The molecule has 0 aliphatic carbocycles. The lowest BCUT2D eigenvalue weighted by Crippen LogP contribution is -2.41. The first-order chi connectivity index (χ1) is 16.1. The van der Waals surface area contributed by atoms with Crippen molar-refractivity contribution in [1.82, 2.24) is 20.4 Å². The van der Waals surface area contributed by atoms with E-state index < -0.39 is 23.3 Å². The highest BCUT2D eigenvalue weighted by atomic mass is 16.4. The van der Waals surface area contributed by atoms with Crippen molar-refractivity contribution in [2.75, 3.05) is 14.1 Å². The number of aromatic nitrogens is 2. The molecule has 2 aromatic carbocycles. The van der Waals surface area contributed by atoms with Crippen molar-refractivity contribution in [3.05, 3.63) is 77.6 Å². The van der Waals surface area contributed by atoms with Crippen molar-refractivity contribution >= 4 is 17.8 Å². The molecule has 0 radical (unpaired) electrons. The second-order valence-electron chi connectivity index (χ2n) is 9.20. The van der Waals surface area contributed by atoms with Crippen molar-refractivity contribution in [3.63, 3.8) is 0 Å². The fourth-order valence-electron chi connectivity index (χ4n) is 3.67. The number of carbonyl (C=O) groups is 3. The summed E-state index contributed by atoms with van der Waals surface area (Å²) < 4.78 is 0. The molecular formula is C26H30N4O4. The van der Waals surface area contributed by atoms with Gasteiger partial charge in [0.05, 0.1) is 5.41 Å². The second kappa shape index (κ2) is 10.3. The lowest BCUT2D eigenvalue weighted by atomic mass is 9.83. The van der Waals surface area contributed by atoms with E-state index in [1.54, 1.807) is 27.9 Å². The van der Waals surface area contributed by atoms with Gasteiger partial charge in [-0.2, -0.15) is 5.10 Å². The first kappa shape index (κ1) is 24.7. The third-order valence-corrected chi connectivity index (χ3v) is 5.66. The van der Waals surface area contributed by atoms with E-state index >= 15 is 0 Å². The first-order valence-electron chi connectivity index (χ1n) is 11.0. The minimum atomic E-state index is -1.04. The molecule has 3 aromatic rings. The average Bonchev–Trinajstić information content (AvgIpc) is 3.29. The molecule has 0 bridgehead atoms. The molecule has 0 spiro atoms. The Balaban J connectivity index is 1.78. The molecule has 0 saturated heterocycles. The van der Waals surface area contributed by atoms with E-state index in [1.807, 2.05) is 54.6 Å². The highest BCUT2D eigenvalue weighted by Gasteiger charge is 2.32. The van der Waals surface area contributed by atoms with Crippen LogP contribution in [0.2, 0.25) is 0 Å². The Morgan fingerprint density at radius 3 is 2.24 bits per heavy atom. The van der Waals surface area contributed by atoms with E-state index in [1.165, 1.54) is 11.0 Å². The Morgan fingerprint density at radius 1 is 1.03 bits per heavy atom. The Kier molecular flexibility index (Phi) is 7.50. The van der Waals surface area contributed by atoms with Crippen LogP contribution in [0.25, 0.3) is 11.1 Å². The third-order valence-electron chi connectivity index (χ3n) is 5.66. The molecular weight excluding hydrogens is 432 g/mol. The molecule has 8 heteroatoms. The zero-order chi connectivity index (χ0) is 24.9. The molecule has 1 aromatic heterocycles. The van der Waals surface area contributed by atoms with E-state index in [0.29, 0.717) is 6.42 Å². The van der Waals surface area contributed by atoms with Crippen LogP contribution in [0.5, 0.6) is 0 Å². The van der Waals surface area contributed by atoms with Gasteiger partial charge in [0.1, 0.15) is 5.69 Å². The van der Waals surface area contributed by atoms with Crippen molar-refractivity contribution in [3.8, 4) is 11.1 Å². The number of aliphatic carboxylic acids is 1. The standard InChI is InChI=1S/C26H30N4O4/c1-26(2,25(33)34)16-20(27-23(31)21-15-22(29-28-21)24(32)30(3)4)14-17-10-12-19(13-11-17)18-8-6-5-7-9-18/h5-13,15,20H,14,16H2,1-4H3,(H,27,31)(H,28,29)(H,33,34). The van der Waals surface area contributed by atoms with Gasteiger partial charge in [0.2, 0.25) is 0 Å². The van der Waals surface area contributed by atoms with Crippen molar-refractivity contribution in [1.29, 1.82) is 0 Å². The average molecular weight is 463 g/mol. The van der Waals surface area contributed by atoms with E-state index in [9.17, 15) is 19.5 Å². The molecule has 1 atom stereocenters. The zero-order valence-corrected chi connectivity index (χ0v) is 19.8. The summed E-state index contributed by atoms with van der Waals surface area (Å²) in [5, 5.41) is 19.1. The van der Waals surface area contributed by atoms with Crippen LogP contribution in [0.1, 0.15) is 46.8 Å². The number of amides is 2. The molecule has 0 aliphatic rings. The number of nitrogens with zero attached hydrogens (tertiary/aromatic N) is 2. The van der Waals surface area contributed by atoms with Crippen LogP contribution >= 0.6 is 0 Å². The molecule has 1 unspecified atom stereocenters. The van der Waals surface area contributed by atoms with Crippen LogP contribution in [0.3, 0.4) is 0 Å². The topological polar surface area (TPSA) is 115 Å². The molecule has 3 rings (SSSR count). The fourth-order valence-corrected chi connectivity index (χ4v) is 3.67. The maximum absolute atomic E-state index is 12.9. The number of hydrogen-bond acceptors (Lipinski definition) is 4. The fraction of sp³-hybridized carbons (Fsp3) is 0.308. The molecule has 0 saturated carbocycles. The summed E-state index contributed by atoms with van der Waals surface area (Å²) in [5.74, 6) is -1.71. The highest BCUT2D eigenvalue weighted by molar-refractivity contribution is 5.97. The summed E-state index contributed by atoms with van der Waals surface area (Å²) in [4.78, 5) is 38.1. The van der Waals surface area contributed by atoms with Crippen LogP contribution in [0, 0.1) is 5.41 Å². The Bertz CT molecular complexity index is 1150. The number of H-pyrrole nitrogens is 1. The summed E-state index contributed by atoms with van der Waals surface area (Å²) in [6.07, 6.45) is 0.674. The molecule has 34 heavy (non-hydrogen) atoms. The molecule has 8 nitrogen and oxygen atoms in total. The van der Waals surface area contributed by atoms with Crippen molar-refractivity contribution in [2.45, 2.75) is 32.7 Å². The number of aromatic amines is 1. The van der Waals surface area contributed by atoms with Gasteiger partial charge in [-0.3, -0.25) is 19.5 Å². The van der Waals surface area contributed by atoms with E-state index in [4.69, 9.17) is 0 Å². The monoisotopic (exact) mass is 462 g/mol. The van der Waals surface area contributed by atoms with Gasteiger partial charge in [-0.1, -0.05) is 54.6 Å². The number of carboxylic acids is 1. The van der Waals surface area contributed by atoms with Crippen LogP contribution in [-0.2, 0) is 11.2 Å². The van der Waals surface area contributed by atoms with Gasteiger partial charge in [-0.25, -0.2) is 0 Å². The normalized spacial score (nSPS) is 12.1. The van der Waals surface area contributed by atoms with Crippen LogP contribution < -0.4 is 5.32 Å². The summed E-state index contributed by atoms with van der Waals surface area (Å²) in [6.45, 7) is 3.27. The molecule has 178 valence electrons. The number of benzene rings is 2. The van der Waals surface area contributed by atoms with Gasteiger partial charge in [0.25, 0.3) is 11.8 Å². The van der Waals surface area contributed by atoms with E-state index in [-0.39, 0.29) is 23.7 Å². The highest BCUT2D eigenvalue weighted by Crippen LogP contribution is 2.26. The van der Waals surface area contributed by atoms with Gasteiger partial charge < -0.3 is 15.3 Å². The van der Waals surface area contributed by atoms with Crippen LogP contribution in [0.4, 0.5) is 0 Å². The number of rotatable bonds is 9. The molecule has 2 amide bonds. The smallest absolute Gasteiger partial charge is 0.309 e. The van der Waals surface area contributed by atoms with Crippen LogP contribution in [-0.4, -0.2) is 58.1 Å². The Morgan fingerprint density at radius 2 is 1.65 bits per heavy atom. The maximum Gasteiger partial charge on any atom is 0.309 e. The Labute approximate surface area is 199 Å². The molecule has 3 N–H and O–H groups in total. The Hall–Kier alpha value is -3.94. The minimum Gasteiger partial charge on any atom is -0.481 e. The SMILES string of the molecule is CN(C)C(=O)c1cc(C(=O)NC(Cc2ccc(-c3ccccc3)cc2)CC(C)(C)C(=O)O)n[nH]1. The number of carboxylic acid groups (broad SMARTS) is 1. The number of carbonyl (C=O) groups excluding carboxylic acids is 2. The first-order valence-corrected chi connectivity index (χ1v) is 11.0. The lowest BCUT2D eigenvalue weighted by molar-refractivity contribution is -0.147. The third kappa shape index (κ3) is 6.10. The second-order valence-corrected chi connectivity index (χ2v) is 9.20. The predicted octanol–water partition coefficient (Wildman–Crippen LogP) is 3.62. The van der Waals surface area contributed by atoms with E-state index in [2.05, 4.69) is 15.5 Å². The van der Waals surface area contributed by atoms with Gasteiger partial charge >= 0.3 is 5.97 Å².